The summed E-state index contributed by atoms with van der Waals surface area (Å²) in [4.78, 5) is 16.9. The van der Waals surface area contributed by atoms with Gasteiger partial charge in [0.1, 0.15) is 10.8 Å². The first-order valence-electron chi connectivity index (χ1n) is 10.2. The average Bonchev–Trinajstić information content (AvgIpc) is 3.28. The molecule has 0 fully saturated rings. The Labute approximate surface area is 186 Å². The van der Waals surface area contributed by atoms with E-state index in [0.29, 0.717) is 6.54 Å². The number of nitrogens with one attached hydrogen (secondary N) is 1. The fourth-order valence-corrected chi connectivity index (χ4v) is 4.10. The third kappa shape index (κ3) is 5.38. The van der Waals surface area contributed by atoms with Crippen LogP contribution in [0.4, 0.5) is 0 Å². The van der Waals surface area contributed by atoms with Gasteiger partial charge in [-0.3, -0.25) is 4.79 Å². The zero-order valence-corrected chi connectivity index (χ0v) is 18.4. The largest absolute Gasteiger partial charge is 0.484 e. The van der Waals surface area contributed by atoms with E-state index in [0.717, 1.165) is 38.7 Å². The second-order valence-electron chi connectivity index (χ2n) is 7.44. The lowest BCUT2D eigenvalue weighted by molar-refractivity contribution is -0.123. The number of benzene rings is 3. The molecule has 0 saturated carbocycles. The summed E-state index contributed by atoms with van der Waals surface area (Å²) < 4.78 is 5.64. The zero-order chi connectivity index (χ0) is 21.6. The van der Waals surface area contributed by atoms with E-state index in [1.54, 1.807) is 11.3 Å². The quantitative estimate of drug-likeness (QED) is 0.405. The van der Waals surface area contributed by atoms with Crippen LogP contribution in [0.25, 0.3) is 21.8 Å². The number of carbonyl (C=O) groups excluding carboxylic acids is 1. The van der Waals surface area contributed by atoms with Crippen molar-refractivity contribution in [3.05, 3.63) is 94.9 Å². The predicted octanol–water partition coefficient (Wildman–Crippen LogP) is 5.79. The number of aromatic nitrogens is 1. The van der Waals surface area contributed by atoms with Crippen LogP contribution in [0.1, 0.15) is 16.7 Å². The number of aryl methyl sites for hydroxylation is 2. The molecule has 0 aliphatic heterocycles. The molecule has 0 bridgehead atoms. The predicted molar refractivity (Wildman–Crippen MR) is 126 cm³/mol. The van der Waals surface area contributed by atoms with E-state index in [1.165, 1.54) is 5.56 Å². The Morgan fingerprint density at radius 3 is 2.48 bits per heavy atom. The highest BCUT2D eigenvalue weighted by atomic mass is 32.1. The minimum atomic E-state index is -0.142. The lowest BCUT2D eigenvalue weighted by Gasteiger charge is -2.10. The van der Waals surface area contributed by atoms with E-state index in [2.05, 4.69) is 22.8 Å². The third-order valence-electron chi connectivity index (χ3n) is 4.95. The standard InChI is InChI=1S/C26H24N2O2S/c1-18-8-13-24(19(2)14-18)30-16-25(29)27-15-20-9-11-22(12-10-20)26-28-23(17-31-26)21-6-4-3-5-7-21/h3-14,17H,15-16H2,1-2H3,(H,27,29). The number of carbonyl (C=O) groups is 1. The first-order chi connectivity index (χ1) is 15.1. The van der Waals surface area contributed by atoms with Crippen molar-refractivity contribution in [3.63, 3.8) is 0 Å². The van der Waals surface area contributed by atoms with Gasteiger partial charge in [0.25, 0.3) is 5.91 Å². The molecule has 0 atom stereocenters. The van der Waals surface area contributed by atoms with Gasteiger partial charge in [-0.2, -0.15) is 0 Å². The number of hydrogen-bond donors (Lipinski definition) is 1. The van der Waals surface area contributed by atoms with E-state index in [-0.39, 0.29) is 12.5 Å². The van der Waals surface area contributed by atoms with Crippen molar-refractivity contribution >= 4 is 17.2 Å². The molecule has 4 aromatic rings. The van der Waals surface area contributed by atoms with Crippen molar-refractivity contribution in [2.24, 2.45) is 0 Å². The van der Waals surface area contributed by atoms with Gasteiger partial charge in [0, 0.05) is 23.1 Å². The molecule has 1 amide bonds. The molecular weight excluding hydrogens is 404 g/mol. The summed E-state index contributed by atoms with van der Waals surface area (Å²) in [6.07, 6.45) is 0. The van der Waals surface area contributed by atoms with Gasteiger partial charge in [0.05, 0.1) is 5.69 Å². The van der Waals surface area contributed by atoms with Crippen molar-refractivity contribution in [1.29, 1.82) is 0 Å². The van der Waals surface area contributed by atoms with Gasteiger partial charge in [-0.05, 0) is 31.0 Å². The van der Waals surface area contributed by atoms with Crippen molar-refractivity contribution < 1.29 is 9.53 Å². The maximum absolute atomic E-state index is 12.1. The second kappa shape index (κ2) is 9.58. The van der Waals surface area contributed by atoms with Crippen molar-refractivity contribution in [2.75, 3.05) is 6.61 Å². The lowest BCUT2D eigenvalue weighted by atomic mass is 10.1. The van der Waals surface area contributed by atoms with Crippen LogP contribution in [-0.2, 0) is 11.3 Å². The van der Waals surface area contributed by atoms with Gasteiger partial charge in [0.2, 0.25) is 0 Å². The molecule has 1 aromatic heterocycles. The molecule has 0 unspecified atom stereocenters. The molecule has 0 aliphatic rings. The van der Waals surface area contributed by atoms with Crippen LogP contribution >= 0.6 is 11.3 Å². The van der Waals surface area contributed by atoms with E-state index in [1.807, 2.05) is 74.5 Å². The van der Waals surface area contributed by atoms with Crippen LogP contribution in [0.15, 0.2) is 78.2 Å². The SMILES string of the molecule is Cc1ccc(OCC(=O)NCc2ccc(-c3nc(-c4ccccc4)cs3)cc2)c(C)c1. The first kappa shape index (κ1) is 20.8. The summed E-state index contributed by atoms with van der Waals surface area (Å²) in [5, 5.41) is 5.97. The maximum Gasteiger partial charge on any atom is 0.258 e. The number of rotatable bonds is 7. The summed E-state index contributed by atoms with van der Waals surface area (Å²) in [6.45, 7) is 4.48. The molecule has 4 rings (SSSR count). The minimum Gasteiger partial charge on any atom is -0.484 e. The lowest BCUT2D eigenvalue weighted by Crippen LogP contribution is -2.28. The molecule has 4 nitrogen and oxygen atoms in total. The van der Waals surface area contributed by atoms with Crippen molar-refractivity contribution in [1.82, 2.24) is 10.3 Å². The van der Waals surface area contributed by atoms with Crippen LogP contribution in [0.5, 0.6) is 5.75 Å². The molecular formula is C26H24N2O2S. The smallest absolute Gasteiger partial charge is 0.258 e. The number of ether oxygens (including phenoxy) is 1. The van der Waals surface area contributed by atoms with Crippen molar-refractivity contribution in [3.8, 4) is 27.6 Å². The summed E-state index contributed by atoms with van der Waals surface area (Å²) in [7, 11) is 0. The zero-order valence-electron chi connectivity index (χ0n) is 17.6. The summed E-state index contributed by atoms with van der Waals surface area (Å²) >= 11 is 1.63. The molecule has 31 heavy (non-hydrogen) atoms. The van der Waals surface area contributed by atoms with Gasteiger partial charge in [-0.15, -0.1) is 11.3 Å². The highest BCUT2D eigenvalue weighted by Crippen LogP contribution is 2.29. The Hall–Kier alpha value is -3.44. The molecule has 0 saturated heterocycles. The Morgan fingerprint density at radius 1 is 0.968 bits per heavy atom. The molecule has 3 aromatic carbocycles. The fraction of sp³-hybridized carbons (Fsp3) is 0.154. The summed E-state index contributed by atoms with van der Waals surface area (Å²) in [6, 6.07) is 24.2. The van der Waals surface area contributed by atoms with Gasteiger partial charge in [-0.1, -0.05) is 72.3 Å². The highest BCUT2D eigenvalue weighted by molar-refractivity contribution is 7.13. The van der Waals surface area contributed by atoms with Crippen LogP contribution < -0.4 is 10.1 Å². The van der Waals surface area contributed by atoms with Gasteiger partial charge >= 0.3 is 0 Å². The van der Waals surface area contributed by atoms with Crippen LogP contribution in [0.3, 0.4) is 0 Å². The Kier molecular flexibility index (Phi) is 6.43. The van der Waals surface area contributed by atoms with Gasteiger partial charge in [0.15, 0.2) is 6.61 Å². The fourth-order valence-electron chi connectivity index (χ4n) is 3.27. The number of thiazole rings is 1. The van der Waals surface area contributed by atoms with Crippen molar-refractivity contribution in [2.45, 2.75) is 20.4 Å². The van der Waals surface area contributed by atoms with E-state index < -0.39 is 0 Å². The molecule has 0 radical (unpaired) electrons. The maximum atomic E-state index is 12.1. The average molecular weight is 429 g/mol. The summed E-state index contributed by atoms with van der Waals surface area (Å²) in [5.41, 5.74) is 6.41. The Morgan fingerprint density at radius 2 is 1.74 bits per heavy atom. The molecule has 0 aliphatic carbocycles. The number of hydrogen-bond acceptors (Lipinski definition) is 4. The Balaban J connectivity index is 1.30. The molecule has 156 valence electrons. The third-order valence-corrected chi connectivity index (χ3v) is 5.84. The highest BCUT2D eigenvalue weighted by Gasteiger charge is 2.08. The van der Waals surface area contributed by atoms with E-state index >= 15 is 0 Å². The van der Waals surface area contributed by atoms with Crippen LogP contribution in [0, 0.1) is 13.8 Å². The molecule has 0 spiro atoms. The molecule has 5 heteroatoms. The minimum absolute atomic E-state index is 0.00334. The van der Waals surface area contributed by atoms with E-state index in [4.69, 9.17) is 9.72 Å². The molecule has 1 N–H and O–H groups in total. The van der Waals surface area contributed by atoms with E-state index in [9.17, 15) is 4.79 Å². The number of amides is 1. The summed E-state index contributed by atoms with van der Waals surface area (Å²) in [5.74, 6) is 0.597. The first-order valence-corrected chi connectivity index (χ1v) is 11.0. The van der Waals surface area contributed by atoms with Gasteiger partial charge < -0.3 is 10.1 Å². The van der Waals surface area contributed by atoms with Gasteiger partial charge in [-0.25, -0.2) is 4.98 Å². The normalized spacial score (nSPS) is 10.6. The molecule has 1 heterocycles. The Bertz CT molecular complexity index is 1170. The monoisotopic (exact) mass is 428 g/mol. The van der Waals surface area contributed by atoms with Crippen LogP contribution in [-0.4, -0.2) is 17.5 Å². The van der Waals surface area contributed by atoms with Crippen LogP contribution in [0.2, 0.25) is 0 Å². The topological polar surface area (TPSA) is 51.2 Å². The second-order valence-corrected chi connectivity index (χ2v) is 8.29. The number of nitrogens with zero attached hydrogens (tertiary/aromatic N) is 1.